The molecule has 1 N–H and O–H groups in total. The number of nitro groups is 1. The maximum atomic E-state index is 11.0. The van der Waals surface area contributed by atoms with Crippen molar-refractivity contribution in [3.05, 3.63) is 57.8 Å². The van der Waals surface area contributed by atoms with Crippen LogP contribution in [0.5, 0.6) is 11.6 Å². The normalized spacial score (nSPS) is 10.3. The van der Waals surface area contributed by atoms with Crippen molar-refractivity contribution in [1.82, 2.24) is 10.3 Å². The molecular weight excluding hydrogens is 258 g/mol. The van der Waals surface area contributed by atoms with Crippen molar-refractivity contribution < 1.29 is 9.66 Å². The Balaban J connectivity index is 2.39. The van der Waals surface area contributed by atoms with Crippen molar-refractivity contribution in [2.45, 2.75) is 13.5 Å². The van der Waals surface area contributed by atoms with Crippen molar-refractivity contribution in [3.8, 4) is 11.6 Å². The first-order valence-corrected chi connectivity index (χ1v) is 6.14. The molecule has 0 fully saturated rings. The highest BCUT2D eigenvalue weighted by atomic mass is 16.6. The van der Waals surface area contributed by atoms with Crippen LogP contribution in [-0.4, -0.2) is 17.0 Å². The van der Waals surface area contributed by atoms with Gasteiger partial charge in [0.25, 0.3) is 5.88 Å². The van der Waals surface area contributed by atoms with E-state index in [1.54, 1.807) is 19.1 Å². The van der Waals surface area contributed by atoms with Crippen LogP contribution in [0.3, 0.4) is 0 Å². The van der Waals surface area contributed by atoms with Gasteiger partial charge in [0.2, 0.25) is 0 Å². The summed E-state index contributed by atoms with van der Waals surface area (Å²) in [5.41, 5.74) is 1.43. The zero-order valence-corrected chi connectivity index (χ0v) is 11.3. The summed E-state index contributed by atoms with van der Waals surface area (Å²) in [5, 5.41) is 14.0. The average molecular weight is 273 g/mol. The van der Waals surface area contributed by atoms with Crippen LogP contribution in [0.15, 0.2) is 36.4 Å². The van der Waals surface area contributed by atoms with Gasteiger partial charge in [-0.25, -0.2) is 4.98 Å². The Hall–Kier alpha value is -2.47. The van der Waals surface area contributed by atoms with E-state index in [1.165, 1.54) is 6.07 Å². The molecule has 1 heterocycles. The van der Waals surface area contributed by atoms with E-state index >= 15 is 0 Å². The van der Waals surface area contributed by atoms with Crippen molar-refractivity contribution in [1.29, 1.82) is 0 Å². The van der Waals surface area contributed by atoms with E-state index in [0.29, 0.717) is 18.0 Å². The molecule has 1 aromatic carbocycles. The van der Waals surface area contributed by atoms with E-state index in [4.69, 9.17) is 4.74 Å². The van der Waals surface area contributed by atoms with Crippen molar-refractivity contribution in [2.75, 3.05) is 7.05 Å². The molecule has 0 aliphatic carbocycles. The number of benzene rings is 1. The summed E-state index contributed by atoms with van der Waals surface area (Å²) in [6, 6.07) is 10.4. The second kappa shape index (κ2) is 6.12. The lowest BCUT2D eigenvalue weighted by molar-refractivity contribution is -0.386. The molecule has 0 radical (unpaired) electrons. The SMILES string of the molecule is CNCc1ccccc1Oc1nc(C)ccc1[N+](=O)[O-]. The molecule has 104 valence electrons. The molecule has 0 saturated heterocycles. The molecule has 20 heavy (non-hydrogen) atoms. The van der Waals surface area contributed by atoms with Crippen LogP contribution in [0.4, 0.5) is 5.69 Å². The van der Waals surface area contributed by atoms with Crippen LogP contribution in [-0.2, 0) is 6.54 Å². The molecule has 0 atom stereocenters. The maximum absolute atomic E-state index is 11.0. The molecule has 0 bridgehead atoms. The quantitative estimate of drug-likeness (QED) is 0.669. The van der Waals surface area contributed by atoms with E-state index in [0.717, 1.165) is 5.56 Å². The monoisotopic (exact) mass is 273 g/mol. The van der Waals surface area contributed by atoms with Gasteiger partial charge < -0.3 is 10.1 Å². The van der Waals surface area contributed by atoms with Crippen LogP contribution in [0.1, 0.15) is 11.3 Å². The number of hydrogen-bond donors (Lipinski definition) is 1. The number of pyridine rings is 1. The second-order valence-electron chi connectivity index (χ2n) is 4.27. The molecule has 2 rings (SSSR count). The molecule has 1 aromatic heterocycles. The lowest BCUT2D eigenvalue weighted by atomic mass is 10.2. The van der Waals surface area contributed by atoms with Gasteiger partial charge in [-0.05, 0) is 26.1 Å². The van der Waals surface area contributed by atoms with Crippen molar-refractivity contribution in [2.24, 2.45) is 0 Å². The number of nitrogens with one attached hydrogen (secondary N) is 1. The fourth-order valence-corrected chi connectivity index (χ4v) is 1.78. The molecule has 0 spiro atoms. The molecule has 0 amide bonds. The summed E-state index contributed by atoms with van der Waals surface area (Å²) in [6.45, 7) is 2.37. The van der Waals surface area contributed by atoms with Gasteiger partial charge in [0.05, 0.1) is 4.92 Å². The van der Waals surface area contributed by atoms with E-state index < -0.39 is 4.92 Å². The van der Waals surface area contributed by atoms with Crippen LogP contribution in [0.25, 0.3) is 0 Å². The van der Waals surface area contributed by atoms with Gasteiger partial charge in [-0.2, -0.15) is 0 Å². The minimum absolute atomic E-state index is 0.0125. The topological polar surface area (TPSA) is 77.3 Å². The van der Waals surface area contributed by atoms with E-state index in [2.05, 4.69) is 10.3 Å². The number of rotatable bonds is 5. The molecule has 6 heteroatoms. The molecule has 6 nitrogen and oxygen atoms in total. The zero-order chi connectivity index (χ0) is 14.5. The minimum atomic E-state index is -0.498. The number of aromatic nitrogens is 1. The Kier molecular flexibility index (Phi) is 4.27. The van der Waals surface area contributed by atoms with Crippen LogP contribution in [0, 0.1) is 17.0 Å². The molecule has 0 unspecified atom stereocenters. The summed E-state index contributed by atoms with van der Waals surface area (Å²) >= 11 is 0. The highest BCUT2D eigenvalue weighted by molar-refractivity contribution is 5.45. The van der Waals surface area contributed by atoms with Crippen LogP contribution < -0.4 is 10.1 Å². The molecule has 0 aliphatic heterocycles. The smallest absolute Gasteiger partial charge is 0.331 e. The third-order valence-corrected chi connectivity index (χ3v) is 2.72. The third kappa shape index (κ3) is 3.10. The lowest BCUT2D eigenvalue weighted by Gasteiger charge is -2.10. The zero-order valence-electron chi connectivity index (χ0n) is 11.3. The van der Waals surface area contributed by atoms with E-state index in [-0.39, 0.29) is 11.6 Å². The first-order valence-electron chi connectivity index (χ1n) is 6.14. The van der Waals surface area contributed by atoms with Crippen molar-refractivity contribution in [3.63, 3.8) is 0 Å². The molecular formula is C14H15N3O3. The standard InChI is InChI=1S/C14H15N3O3/c1-10-7-8-12(17(18)19)14(16-10)20-13-6-4-3-5-11(13)9-15-2/h3-8,15H,9H2,1-2H3. The van der Waals surface area contributed by atoms with E-state index in [1.807, 2.05) is 25.2 Å². The van der Waals surface area contributed by atoms with Gasteiger partial charge in [-0.1, -0.05) is 18.2 Å². The van der Waals surface area contributed by atoms with Gasteiger partial charge in [0.1, 0.15) is 5.75 Å². The summed E-state index contributed by atoms with van der Waals surface area (Å²) < 4.78 is 5.64. The lowest BCUT2D eigenvalue weighted by Crippen LogP contribution is -2.06. The summed E-state index contributed by atoms with van der Waals surface area (Å²) in [5.74, 6) is 0.571. The Morgan fingerprint density at radius 1 is 1.30 bits per heavy atom. The van der Waals surface area contributed by atoms with E-state index in [9.17, 15) is 10.1 Å². The highest BCUT2D eigenvalue weighted by Crippen LogP contribution is 2.31. The Morgan fingerprint density at radius 2 is 2.05 bits per heavy atom. The summed E-state index contributed by atoms with van der Waals surface area (Å²) in [6.07, 6.45) is 0. The van der Waals surface area contributed by atoms with Gasteiger partial charge in [-0.15, -0.1) is 0 Å². The summed E-state index contributed by atoms with van der Waals surface area (Å²) in [4.78, 5) is 14.6. The average Bonchev–Trinajstić information content (AvgIpc) is 2.41. The van der Waals surface area contributed by atoms with Crippen LogP contribution >= 0.6 is 0 Å². The Labute approximate surface area is 116 Å². The first-order chi connectivity index (χ1) is 9.61. The predicted molar refractivity (Wildman–Crippen MR) is 74.9 cm³/mol. The van der Waals surface area contributed by atoms with Gasteiger partial charge in [0, 0.05) is 23.9 Å². The predicted octanol–water partition coefficient (Wildman–Crippen LogP) is 2.81. The maximum Gasteiger partial charge on any atom is 0.331 e. The number of para-hydroxylation sites is 1. The van der Waals surface area contributed by atoms with Gasteiger partial charge in [0.15, 0.2) is 0 Å². The molecule has 0 saturated carbocycles. The number of aryl methyl sites for hydroxylation is 1. The minimum Gasteiger partial charge on any atom is -0.433 e. The number of ether oxygens (including phenoxy) is 1. The van der Waals surface area contributed by atoms with Crippen LogP contribution in [0.2, 0.25) is 0 Å². The fourth-order valence-electron chi connectivity index (χ4n) is 1.78. The second-order valence-corrected chi connectivity index (χ2v) is 4.27. The number of hydrogen-bond acceptors (Lipinski definition) is 5. The molecule has 2 aromatic rings. The third-order valence-electron chi connectivity index (χ3n) is 2.72. The summed E-state index contributed by atoms with van der Waals surface area (Å²) in [7, 11) is 1.82. The Bertz CT molecular complexity index is 629. The highest BCUT2D eigenvalue weighted by Gasteiger charge is 2.18. The fraction of sp³-hybridized carbons (Fsp3) is 0.214. The molecule has 0 aliphatic rings. The largest absolute Gasteiger partial charge is 0.433 e. The first kappa shape index (κ1) is 14.0. The Morgan fingerprint density at radius 3 is 2.75 bits per heavy atom. The van der Waals surface area contributed by atoms with Gasteiger partial charge >= 0.3 is 5.69 Å². The van der Waals surface area contributed by atoms with Crippen molar-refractivity contribution >= 4 is 5.69 Å². The number of nitrogens with zero attached hydrogens (tertiary/aromatic N) is 2. The van der Waals surface area contributed by atoms with Gasteiger partial charge in [-0.3, -0.25) is 10.1 Å².